The summed E-state index contributed by atoms with van der Waals surface area (Å²) in [6.07, 6.45) is 1.22. The lowest BCUT2D eigenvalue weighted by Gasteiger charge is -2.33. The van der Waals surface area contributed by atoms with Crippen LogP contribution in [0.25, 0.3) is 0 Å². The van der Waals surface area contributed by atoms with Crippen molar-refractivity contribution in [3.63, 3.8) is 0 Å². The Balaban J connectivity index is 1.89. The van der Waals surface area contributed by atoms with Gasteiger partial charge in [-0.15, -0.1) is 0 Å². The van der Waals surface area contributed by atoms with Crippen LogP contribution in [-0.4, -0.2) is 90.4 Å². The van der Waals surface area contributed by atoms with Gasteiger partial charge in [0.25, 0.3) is 5.91 Å². The molecular formula is C17H27N3O6S. The summed E-state index contributed by atoms with van der Waals surface area (Å²) in [5.74, 6) is 1.02. The molecule has 1 aliphatic rings. The molecule has 0 unspecified atom stereocenters. The van der Waals surface area contributed by atoms with E-state index in [1.807, 2.05) is 0 Å². The summed E-state index contributed by atoms with van der Waals surface area (Å²) in [5, 5.41) is 2.86. The first-order valence-electron chi connectivity index (χ1n) is 8.55. The van der Waals surface area contributed by atoms with E-state index in [1.165, 1.54) is 31.9 Å². The Morgan fingerprint density at radius 1 is 1.04 bits per heavy atom. The van der Waals surface area contributed by atoms with E-state index in [4.69, 9.17) is 14.2 Å². The van der Waals surface area contributed by atoms with Gasteiger partial charge in [-0.2, -0.15) is 4.31 Å². The van der Waals surface area contributed by atoms with E-state index in [2.05, 4.69) is 10.2 Å². The van der Waals surface area contributed by atoms with Crippen molar-refractivity contribution in [2.24, 2.45) is 0 Å². The van der Waals surface area contributed by atoms with E-state index in [9.17, 15) is 13.2 Å². The molecule has 1 aromatic rings. The highest BCUT2D eigenvalue weighted by atomic mass is 32.2. The molecule has 1 saturated heterocycles. The summed E-state index contributed by atoms with van der Waals surface area (Å²) in [5.41, 5.74) is 0.409. The second kappa shape index (κ2) is 9.25. The molecule has 1 aromatic carbocycles. The average Bonchev–Trinajstić information content (AvgIpc) is 2.66. The molecular weight excluding hydrogens is 374 g/mol. The van der Waals surface area contributed by atoms with Gasteiger partial charge in [-0.25, -0.2) is 8.42 Å². The minimum absolute atomic E-state index is 0.246. The summed E-state index contributed by atoms with van der Waals surface area (Å²) >= 11 is 0. The zero-order valence-corrected chi connectivity index (χ0v) is 17.0. The number of nitrogens with one attached hydrogen (secondary N) is 1. The SMILES string of the molecule is COc1cc(C(=O)NCCN2CCN(S(C)(=O)=O)CC2)cc(OC)c1OC. The van der Waals surface area contributed by atoms with Crippen molar-refractivity contribution >= 4 is 15.9 Å². The molecule has 0 bridgehead atoms. The summed E-state index contributed by atoms with van der Waals surface area (Å²) < 4.78 is 40.3. The maximum absolute atomic E-state index is 12.4. The van der Waals surface area contributed by atoms with Crippen molar-refractivity contribution in [1.82, 2.24) is 14.5 Å². The Kier molecular flexibility index (Phi) is 7.28. The highest BCUT2D eigenvalue weighted by Gasteiger charge is 2.23. The number of sulfonamides is 1. The molecule has 1 N–H and O–H groups in total. The summed E-state index contributed by atoms with van der Waals surface area (Å²) in [4.78, 5) is 14.6. The molecule has 1 fully saturated rings. The molecule has 27 heavy (non-hydrogen) atoms. The van der Waals surface area contributed by atoms with Gasteiger partial charge in [0.2, 0.25) is 15.8 Å². The smallest absolute Gasteiger partial charge is 0.251 e. The minimum Gasteiger partial charge on any atom is -0.493 e. The Morgan fingerprint density at radius 3 is 2.04 bits per heavy atom. The Hall–Kier alpha value is -2.04. The van der Waals surface area contributed by atoms with E-state index in [1.54, 1.807) is 12.1 Å². The van der Waals surface area contributed by atoms with Gasteiger partial charge in [0.05, 0.1) is 27.6 Å². The number of rotatable bonds is 8. The van der Waals surface area contributed by atoms with Gasteiger partial charge in [-0.3, -0.25) is 9.69 Å². The molecule has 0 aliphatic carbocycles. The molecule has 0 spiro atoms. The second-order valence-corrected chi connectivity index (χ2v) is 8.16. The third-order valence-electron chi connectivity index (χ3n) is 4.44. The van der Waals surface area contributed by atoms with Crippen molar-refractivity contribution in [2.75, 3.05) is 66.9 Å². The van der Waals surface area contributed by atoms with Crippen LogP contribution in [0.1, 0.15) is 10.4 Å². The molecule has 1 amide bonds. The van der Waals surface area contributed by atoms with Gasteiger partial charge >= 0.3 is 0 Å². The number of nitrogens with zero attached hydrogens (tertiary/aromatic N) is 2. The molecule has 0 radical (unpaired) electrons. The number of ether oxygens (including phenoxy) is 3. The van der Waals surface area contributed by atoms with Crippen molar-refractivity contribution in [1.29, 1.82) is 0 Å². The van der Waals surface area contributed by atoms with Crippen molar-refractivity contribution in [3.05, 3.63) is 17.7 Å². The Morgan fingerprint density at radius 2 is 1.59 bits per heavy atom. The van der Waals surface area contributed by atoms with Crippen LogP contribution in [0.3, 0.4) is 0 Å². The van der Waals surface area contributed by atoms with E-state index in [-0.39, 0.29) is 5.91 Å². The quantitative estimate of drug-likeness (QED) is 0.656. The summed E-state index contributed by atoms with van der Waals surface area (Å²) in [6, 6.07) is 3.20. The predicted octanol–water partition coefficient (Wildman–Crippen LogP) is 0.0194. The standard InChI is InChI=1S/C17H27N3O6S/c1-24-14-11-13(12-15(25-2)16(14)26-3)17(21)18-5-6-19-7-9-20(10-8-19)27(4,22)23/h11-12H,5-10H2,1-4H3,(H,18,21). The molecule has 152 valence electrons. The van der Waals surface area contributed by atoms with Gasteiger partial charge in [-0.1, -0.05) is 0 Å². The van der Waals surface area contributed by atoms with Crippen LogP contribution in [0.15, 0.2) is 12.1 Å². The third-order valence-corrected chi connectivity index (χ3v) is 5.74. The maximum Gasteiger partial charge on any atom is 0.251 e. The van der Waals surface area contributed by atoms with Gasteiger partial charge in [0, 0.05) is 44.8 Å². The normalized spacial score (nSPS) is 16.0. The van der Waals surface area contributed by atoms with Crippen LogP contribution in [0.2, 0.25) is 0 Å². The number of amides is 1. The van der Waals surface area contributed by atoms with E-state index < -0.39 is 10.0 Å². The molecule has 10 heteroatoms. The maximum atomic E-state index is 12.4. The number of carbonyl (C=O) groups excluding carboxylic acids is 1. The highest BCUT2D eigenvalue weighted by molar-refractivity contribution is 7.88. The number of benzene rings is 1. The van der Waals surface area contributed by atoms with Crippen molar-refractivity contribution < 1.29 is 27.4 Å². The fourth-order valence-corrected chi connectivity index (χ4v) is 3.75. The van der Waals surface area contributed by atoms with Crippen LogP contribution < -0.4 is 19.5 Å². The molecule has 1 heterocycles. The zero-order chi connectivity index (χ0) is 20.0. The highest BCUT2D eigenvalue weighted by Crippen LogP contribution is 2.38. The largest absolute Gasteiger partial charge is 0.493 e. The molecule has 2 rings (SSSR count). The Bertz CT molecular complexity index is 735. The zero-order valence-electron chi connectivity index (χ0n) is 16.1. The van der Waals surface area contributed by atoms with Gasteiger partial charge < -0.3 is 19.5 Å². The number of hydrogen-bond donors (Lipinski definition) is 1. The lowest BCUT2D eigenvalue weighted by atomic mass is 10.1. The third kappa shape index (κ3) is 5.47. The van der Waals surface area contributed by atoms with Crippen molar-refractivity contribution in [2.45, 2.75) is 0 Å². The van der Waals surface area contributed by atoms with Crippen LogP contribution >= 0.6 is 0 Å². The van der Waals surface area contributed by atoms with Gasteiger partial charge in [0.1, 0.15) is 0 Å². The molecule has 0 saturated carbocycles. The van der Waals surface area contributed by atoms with Crippen LogP contribution in [0.4, 0.5) is 0 Å². The first kappa shape index (κ1) is 21.3. The van der Waals surface area contributed by atoms with Gasteiger partial charge in [0.15, 0.2) is 11.5 Å². The monoisotopic (exact) mass is 401 g/mol. The fraction of sp³-hybridized carbons (Fsp3) is 0.588. The average molecular weight is 401 g/mol. The lowest BCUT2D eigenvalue weighted by molar-refractivity contribution is 0.0944. The summed E-state index contributed by atoms with van der Waals surface area (Å²) in [7, 11) is 1.36. The van der Waals surface area contributed by atoms with Gasteiger partial charge in [-0.05, 0) is 12.1 Å². The number of piperazine rings is 1. The molecule has 0 atom stereocenters. The van der Waals surface area contributed by atoms with Crippen LogP contribution in [-0.2, 0) is 10.0 Å². The van der Waals surface area contributed by atoms with Crippen molar-refractivity contribution in [3.8, 4) is 17.2 Å². The van der Waals surface area contributed by atoms with E-state index in [0.717, 1.165) is 0 Å². The first-order valence-corrected chi connectivity index (χ1v) is 10.4. The number of methoxy groups -OCH3 is 3. The number of hydrogen-bond acceptors (Lipinski definition) is 7. The van der Waals surface area contributed by atoms with E-state index in [0.29, 0.717) is 62.1 Å². The Labute approximate surface area is 160 Å². The van der Waals surface area contributed by atoms with Crippen LogP contribution in [0, 0.1) is 0 Å². The predicted molar refractivity (Wildman–Crippen MR) is 101 cm³/mol. The minimum atomic E-state index is -3.14. The topological polar surface area (TPSA) is 97.4 Å². The molecule has 9 nitrogen and oxygen atoms in total. The van der Waals surface area contributed by atoms with Crippen LogP contribution in [0.5, 0.6) is 17.2 Å². The van der Waals surface area contributed by atoms with E-state index >= 15 is 0 Å². The fourth-order valence-electron chi connectivity index (χ4n) is 2.93. The summed E-state index contributed by atoms with van der Waals surface area (Å²) in [6.45, 7) is 3.34. The second-order valence-electron chi connectivity index (χ2n) is 6.17. The molecule has 0 aromatic heterocycles. The lowest BCUT2D eigenvalue weighted by Crippen LogP contribution is -2.49. The number of carbonyl (C=O) groups is 1. The molecule has 1 aliphatic heterocycles. The first-order chi connectivity index (χ1) is 12.8.